The summed E-state index contributed by atoms with van der Waals surface area (Å²) < 4.78 is 6.70. The molecule has 2 aromatic rings. The molecule has 0 spiro atoms. The van der Waals surface area contributed by atoms with Crippen molar-refractivity contribution >= 4 is 5.65 Å². The Kier molecular flexibility index (Phi) is 1.86. The maximum atomic E-state index is 8.95. The van der Waals surface area contributed by atoms with Gasteiger partial charge in [-0.2, -0.15) is 0 Å². The molecule has 0 unspecified atom stereocenters. The van der Waals surface area contributed by atoms with Crippen molar-refractivity contribution in [2.75, 3.05) is 7.11 Å². The molecule has 2 heterocycles. The minimum atomic E-state index is -0.0215. The first kappa shape index (κ1) is 8.00. The van der Waals surface area contributed by atoms with Crippen molar-refractivity contribution in [2.24, 2.45) is 0 Å². The van der Waals surface area contributed by atoms with E-state index in [1.54, 1.807) is 30.2 Å². The normalized spacial score (nSPS) is 10.6. The van der Waals surface area contributed by atoms with Crippen molar-refractivity contribution < 1.29 is 14.4 Å². The van der Waals surface area contributed by atoms with Gasteiger partial charge < -0.3 is 9.84 Å². The molecule has 2 rings (SSSR count). The SMILES string of the molecule is COc1cnc2c(CO)c[nH][n+]2c1. The van der Waals surface area contributed by atoms with E-state index in [0.717, 1.165) is 5.56 Å². The summed E-state index contributed by atoms with van der Waals surface area (Å²) in [6.45, 7) is -0.0215. The molecular weight excluding hydrogens is 170 g/mol. The molecule has 0 aliphatic heterocycles. The van der Waals surface area contributed by atoms with Gasteiger partial charge in [-0.15, -0.1) is 4.52 Å². The van der Waals surface area contributed by atoms with Crippen LogP contribution < -0.4 is 9.25 Å². The molecule has 5 nitrogen and oxygen atoms in total. The standard InChI is InChI=1S/C8H9N3O2/c1-13-7-3-9-8-6(5-12)2-10-11(8)4-7/h2-4,12H,5H2,1H3/p+1. The first-order valence-electron chi connectivity index (χ1n) is 3.87. The van der Waals surface area contributed by atoms with Crippen LogP contribution in [0.3, 0.4) is 0 Å². The molecule has 0 saturated carbocycles. The Hall–Kier alpha value is -1.62. The van der Waals surface area contributed by atoms with Crippen LogP contribution >= 0.6 is 0 Å². The van der Waals surface area contributed by atoms with Gasteiger partial charge in [0.25, 0.3) is 0 Å². The third kappa shape index (κ3) is 1.23. The van der Waals surface area contributed by atoms with Gasteiger partial charge in [0.05, 0.1) is 25.5 Å². The van der Waals surface area contributed by atoms with Crippen molar-refractivity contribution in [2.45, 2.75) is 6.61 Å². The quantitative estimate of drug-likeness (QED) is 0.621. The topological polar surface area (TPSA) is 62.2 Å². The molecule has 5 heteroatoms. The van der Waals surface area contributed by atoms with Gasteiger partial charge in [-0.3, -0.25) is 0 Å². The number of hydrogen-bond acceptors (Lipinski definition) is 3. The number of H-pyrrole nitrogens is 1. The number of rotatable bonds is 2. The van der Waals surface area contributed by atoms with Gasteiger partial charge in [-0.25, -0.2) is 5.10 Å². The Labute approximate surface area is 74.6 Å². The Bertz CT molecular complexity index is 424. The number of aliphatic hydroxyl groups excluding tert-OH is 1. The van der Waals surface area contributed by atoms with Crippen molar-refractivity contribution in [1.82, 2.24) is 10.1 Å². The highest BCUT2D eigenvalue weighted by molar-refractivity contribution is 5.38. The van der Waals surface area contributed by atoms with Crippen LogP contribution in [0.25, 0.3) is 5.65 Å². The summed E-state index contributed by atoms with van der Waals surface area (Å²) in [6.07, 6.45) is 5.09. The summed E-state index contributed by atoms with van der Waals surface area (Å²) >= 11 is 0. The van der Waals surface area contributed by atoms with Crippen molar-refractivity contribution in [3.63, 3.8) is 0 Å². The van der Waals surface area contributed by atoms with Gasteiger partial charge >= 0.3 is 5.65 Å². The lowest BCUT2D eigenvalue weighted by atomic mass is 10.4. The maximum Gasteiger partial charge on any atom is 0.353 e. The van der Waals surface area contributed by atoms with Crippen molar-refractivity contribution in [3.8, 4) is 5.75 Å². The fraction of sp³-hybridized carbons (Fsp3) is 0.250. The van der Waals surface area contributed by atoms with E-state index in [0.29, 0.717) is 11.4 Å². The van der Waals surface area contributed by atoms with Gasteiger partial charge in [-0.1, -0.05) is 0 Å². The monoisotopic (exact) mass is 180 g/mol. The number of nitrogens with zero attached hydrogens (tertiary/aromatic N) is 2. The second-order valence-corrected chi connectivity index (χ2v) is 2.64. The highest BCUT2D eigenvalue weighted by Crippen LogP contribution is 2.07. The Balaban J connectivity index is 2.61. The molecular formula is C8H10N3O2+. The van der Waals surface area contributed by atoms with E-state index >= 15 is 0 Å². The van der Waals surface area contributed by atoms with Crippen LogP contribution in [0.5, 0.6) is 5.75 Å². The molecule has 2 N–H and O–H groups in total. The minimum Gasteiger partial charge on any atom is -0.490 e. The van der Waals surface area contributed by atoms with E-state index in [9.17, 15) is 0 Å². The fourth-order valence-corrected chi connectivity index (χ4v) is 1.18. The van der Waals surface area contributed by atoms with Gasteiger partial charge in [-0.05, 0) is 4.98 Å². The maximum absolute atomic E-state index is 8.95. The number of aromatic nitrogens is 3. The number of aliphatic hydroxyl groups is 1. The molecule has 0 bridgehead atoms. The van der Waals surface area contributed by atoms with Crippen LogP contribution in [-0.2, 0) is 6.61 Å². The lowest BCUT2D eigenvalue weighted by Gasteiger charge is -1.92. The van der Waals surface area contributed by atoms with E-state index in [1.165, 1.54) is 0 Å². The number of nitrogens with one attached hydrogen (secondary N) is 1. The zero-order valence-electron chi connectivity index (χ0n) is 7.19. The van der Waals surface area contributed by atoms with E-state index < -0.39 is 0 Å². The summed E-state index contributed by atoms with van der Waals surface area (Å²) in [5.41, 5.74) is 1.48. The largest absolute Gasteiger partial charge is 0.490 e. The predicted molar refractivity (Wildman–Crippen MR) is 44.2 cm³/mol. The number of fused-ring (bicyclic) bond motifs is 1. The zero-order chi connectivity index (χ0) is 9.26. The third-order valence-corrected chi connectivity index (χ3v) is 1.87. The molecule has 0 amide bonds. The van der Waals surface area contributed by atoms with Crippen molar-refractivity contribution in [1.29, 1.82) is 0 Å². The smallest absolute Gasteiger partial charge is 0.353 e. The summed E-state index contributed by atoms with van der Waals surface area (Å²) in [5, 5.41) is 11.9. The molecule has 68 valence electrons. The molecule has 2 aromatic heterocycles. The average Bonchev–Trinajstić information content (AvgIpc) is 2.59. The first-order chi connectivity index (χ1) is 6.35. The van der Waals surface area contributed by atoms with Crippen LogP contribution in [0.2, 0.25) is 0 Å². The molecule has 0 aromatic carbocycles. The second kappa shape index (κ2) is 3.02. The van der Waals surface area contributed by atoms with Gasteiger partial charge in [0.1, 0.15) is 0 Å². The summed E-state index contributed by atoms with van der Waals surface area (Å²) in [4.78, 5) is 4.13. The lowest BCUT2D eigenvalue weighted by molar-refractivity contribution is -0.579. The van der Waals surface area contributed by atoms with Crippen LogP contribution in [-0.4, -0.2) is 22.3 Å². The molecule has 13 heavy (non-hydrogen) atoms. The number of aromatic amines is 1. The number of ether oxygens (including phenoxy) is 1. The predicted octanol–water partition coefficient (Wildman–Crippen LogP) is -0.351. The van der Waals surface area contributed by atoms with Crippen LogP contribution in [0.4, 0.5) is 0 Å². The highest BCUT2D eigenvalue weighted by Gasteiger charge is 2.12. The van der Waals surface area contributed by atoms with Crippen LogP contribution in [0.1, 0.15) is 5.56 Å². The number of hydrogen-bond donors (Lipinski definition) is 2. The summed E-state index contributed by atoms with van der Waals surface area (Å²) in [6, 6.07) is 0. The van der Waals surface area contributed by atoms with Crippen LogP contribution in [0.15, 0.2) is 18.6 Å². The third-order valence-electron chi connectivity index (χ3n) is 1.87. The highest BCUT2D eigenvalue weighted by atomic mass is 16.5. The Morgan fingerprint density at radius 2 is 2.54 bits per heavy atom. The lowest BCUT2D eigenvalue weighted by Crippen LogP contribution is -2.23. The summed E-state index contributed by atoms with van der Waals surface area (Å²) in [7, 11) is 1.58. The van der Waals surface area contributed by atoms with Crippen molar-refractivity contribution in [3.05, 3.63) is 24.2 Å². The van der Waals surface area contributed by atoms with E-state index in [1.807, 2.05) is 0 Å². The number of methoxy groups -OCH3 is 1. The van der Waals surface area contributed by atoms with E-state index in [-0.39, 0.29) is 6.61 Å². The second-order valence-electron chi connectivity index (χ2n) is 2.64. The Morgan fingerprint density at radius 1 is 1.69 bits per heavy atom. The minimum absolute atomic E-state index is 0.0215. The van der Waals surface area contributed by atoms with Gasteiger partial charge in [0.15, 0.2) is 12.4 Å². The van der Waals surface area contributed by atoms with Gasteiger partial charge in [0, 0.05) is 0 Å². The van der Waals surface area contributed by atoms with E-state index in [4.69, 9.17) is 9.84 Å². The Morgan fingerprint density at radius 3 is 3.23 bits per heavy atom. The summed E-state index contributed by atoms with van der Waals surface area (Å²) in [5.74, 6) is 0.670. The molecule has 0 aliphatic carbocycles. The average molecular weight is 180 g/mol. The fourth-order valence-electron chi connectivity index (χ4n) is 1.18. The molecule has 0 atom stereocenters. The molecule has 0 saturated heterocycles. The van der Waals surface area contributed by atoms with Gasteiger partial charge in [0.2, 0.25) is 5.75 Å². The first-order valence-corrected chi connectivity index (χ1v) is 3.87. The molecule has 0 radical (unpaired) electrons. The molecule has 0 fully saturated rings. The van der Waals surface area contributed by atoms with E-state index in [2.05, 4.69) is 10.1 Å². The van der Waals surface area contributed by atoms with Crippen LogP contribution in [0, 0.1) is 0 Å². The zero-order valence-corrected chi connectivity index (χ0v) is 7.19. The molecule has 0 aliphatic rings.